The van der Waals surface area contributed by atoms with Gasteiger partial charge in [0, 0.05) is 38.6 Å². The van der Waals surface area contributed by atoms with E-state index in [2.05, 4.69) is 63.1 Å². The Morgan fingerprint density at radius 2 is 1.52 bits per heavy atom. The van der Waals surface area contributed by atoms with E-state index in [1.807, 2.05) is 6.07 Å². The van der Waals surface area contributed by atoms with Crippen LogP contribution in [0.25, 0.3) is 11.1 Å². The molecule has 5 rings (SSSR count). The average molecular weight is 410 g/mol. The van der Waals surface area contributed by atoms with E-state index in [1.54, 1.807) is 12.4 Å². The van der Waals surface area contributed by atoms with Gasteiger partial charge in [-0.3, -0.25) is 0 Å². The van der Waals surface area contributed by atoms with Crippen molar-refractivity contribution in [3.05, 3.63) is 71.0 Å². The summed E-state index contributed by atoms with van der Waals surface area (Å²) in [4.78, 5) is 13.4. The first-order valence-electron chi connectivity index (χ1n) is 11.2. The summed E-state index contributed by atoms with van der Waals surface area (Å²) >= 11 is 0. The Labute approximate surface area is 184 Å². The van der Waals surface area contributed by atoms with Gasteiger partial charge in [0.05, 0.1) is 11.3 Å². The Bertz CT molecular complexity index is 1110. The van der Waals surface area contributed by atoms with Crippen LogP contribution in [0.3, 0.4) is 0 Å². The van der Waals surface area contributed by atoms with E-state index in [1.165, 1.54) is 34.2 Å². The molecule has 1 aromatic heterocycles. The zero-order valence-corrected chi connectivity index (χ0v) is 18.0. The Balaban J connectivity index is 1.52. The molecule has 156 valence electrons. The van der Waals surface area contributed by atoms with E-state index >= 15 is 0 Å². The third-order valence-electron chi connectivity index (χ3n) is 6.56. The maximum Gasteiger partial charge on any atom is 0.225 e. The molecule has 1 aliphatic carbocycles. The molecule has 1 aliphatic heterocycles. The summed E-state index contributed by atoms with van der Waals surface area (Å²) in [7, 11) is 0. The molecule has 0 amide bonds. The minimum atomic E-state index is 0.786. The molecule has 0 bridgehead atoms. The van der Waals surface area contributed by atoms with Gasteiger partial charge in [0.1, 0.15) is 6.07 Å². The van der Waals surface area contributed by atoms with Gasteiger partial charge in [-0.2, -0.15) is 5.26 Å². The smallest absolute Gasteiger partial charge is 0.225 e. The van der Waals surface area contributed by atoms with E-state index in [0.717, 1.165) is 62.6 Å². The fourth-order valence-electron chi connectivity index (χ4n) is 4.90. The summed E-state index contributed by atoms with van der Waals surface area (Å²) in [6.45, 7) is 5.55. The Kier molecular flexibility index (Phi) is 5.30. The van der Waals surface area contributed by atoms with Crippen molar-refractivity contribution in [2.24, 2.45) is 0 Å². The van der Waals surface area contributed by atoms with E-state index in [-0.39, 0.29) is 0 Å². The van der Waals surface area contributed by atoms with Crippen LogP contribution in [0.5, 0.6) is 0 Å². The highest BCUT2D eigenvalue weighted by molar-refractivity contribution is 5.79. The molecule has 3 aromatic rings. The number of nitriles is 1. The van der Waals surface area contributed by atoms with Gasteiger partial charge in [-0.1, -0.05) is 29.8 Å². The first-order valence-corrected chi connectivity index (χ1v) is 11.2. The van der Waals surface area contributed by atoms with Crippen molar-refractivity contribution >= 4 is 11.6 Å². The number of fused-ring (bicyclic) bond motifs is 1. The second-order valence-corrected chi connectivity index (χ2v) is 8.48. The molecule has 1 fully saturated rings. The lowest BCUT2D eigenvalue weighted by molar-refractivity contribution is 0.637. The van der Waals surface area contributed by atoms with E-state index in [9.17, 15) is 5.26 Å². The van der Waals surface area contributed by atoms with Gasteiger partial charge >= 0.3 is 0 Å². The zero-order chi connectivity index (χ0) is 21.2. The molecule has 0 N–H and O–H groups in total. The Hall–Kier alpha value is -3.39. The van der Waals surface area contributed by atoms with Gasteiger partial charge in [0.15, 0.2) is 0 Å². The summed E-state index contributed by atoms with van der Waals surface area (Å²) in [5, 5.41) is 10.1. The molecule has 0 spiro atoms. The molecule has 0 radical (unpaired) electrons. The normalized spacial score (nSPS) is 16.0. The van der Waals surface area contributed by atoms with Gasteiger partial charge in [-0.25, -0.2) is 9.97 Å². The van der Waals surface area contributed by atoms with Crippen molar-refractivity contribution in [3.8, 4) is 17.2 Å². The van der Waals surface area contributed by atoms with Crippen LogP contribution < -0.4 is 9.80 Å². The SMILES string of the molecule is Cc1ccc(-c2cc(N3CCN(c4ncccn4)CC3)c(C#N)c3c2CCCC3)cc1. The van der Waals surface area contributed by atoms with Crippen molar-refractivity contribution in [3.63, 3.8) is 0 Å². The molecule has 2 aliphatic rings. The zero-order valence-electron chi connectivity index (χ0n) is 18.0. The minimum Gasteiger partial charge on any atom is -0.367 e. The fourth-order valence-corrected chi connectivity index (χ4v) is 4.90. The van der Waals surface area contributed by atoms with Crippen LogP contribution in [0.1, 0.15) is 35.1 Å². The number of aryl methyl sites for hydroxylation is 1. The number of rotatable bonds is 3. The van der Waals surface area contributed by atoms with Crippen molar-refractivity contribution in [2.75, 3.05) is 36.0 Å². The first-order chi connectivity index (χ1) is 15.2. The number of hydrogen-bond donors (Lipinski definition) is 0. The van der Waals surface area contributed by atoms with Crippen molar-refractivity contribution in [1.29, 1.82) is 5.26 Å². The lowest BCUT2D eigenvalue weighted by Gasteiger charge is -2.37. The van der Waals surface area contributed by atoms with E-state index < -0.39 is 0 Å². The van der Waals surface area contributed by atoms with E-state index in [4.69, 9.17) is 0 Å². The maximum atomic E-state index is 10.1. The number of benzene rings is 2. The highest BCUT2D eigenvalue weighted by atomic mass is 15.3. The second-order valence-electron chi connectivity index (χ2n) is 8.48. The minimum absolute atomic E-state index is 0.786. The molecule has 1 saturated heterocycles. The van der Waals surface area contributed by atoms with Crippen LogP contribution in [0, 0.1) is 18.3 Å². The molecular formula is C26H27N5. The standard InChI is InChI=1S/C26H27N5/c1-19-7-9-20(10-8-19)23-17-25(24(18-27)22-6-3-2-5-21(22)23)30-13-15-31(16-14-30)26-28-11-4-12-29-26/h4,7-12,17H,2-3,5-6,13-16H2,1H3. The van der Waals surface area contributed by atoms with Crippen molar-refractivity contribution in [1.82, 2.24) is 9.97 Å². The lowest BCUT2D eigenvalue weighted by atomic mass is 9.82. The van der Waals surface area contributed by atoms with Crippen LogP contribution in [-0.2, 0) is 12.8 Å². The maximum absolute atomic E-state index is 10.1. The highest BCUT2D eigenvalue weighted by Crippen LogP contribution is 2.39. The quantitative estimate of drug-likeness (QED) is 0.636. The topological polar surface area (TPSA) is 56.1 Å². The number of anilines is 2. The van der Waals surface area contributed by atoms with Crippen molar-refractivity contribution in [2.45, 2.75) is 32.6 Å². The fraction of sp³-hybridized carbons (Fsp3) is 0.346. The molecule has 0 atom stereocenters. The highest BCUT2D eigenvalue weighted by Gasteiger charge is 2.26. The van der Waals surface area contributed by atoms with Gasteiger partial charge in [0.25, 0.3) is 0 Å². The number of aromatic nitrogens is 2. The molecule has 2 aromatic carbocycles. The first kappa shape index (κ1) is 19.6. The third kappa shape index (κ3) is 3.74. The number of hydrogen-bond acceptors (Lipinski definition) is 5. The van der Waals surface area contributed by atoms with Gasteiger partial charge in [0.2, 0.25) is 5.95 Å². The molecule has 0 unspecified atom stereocenters. The predicted molar refractivity (Wildman–Crippen MR) is 124 cm³/mol. The van der Waals surface area contributed by atoms with Gasteiger partial charge in [-0.05, 0) is 67.0 Å². The van der Waals surface area contributed by atoms with Crippen LogP contribution in [0.4, 0.5) is 11.6 Å². The van der Waals surface area contributed by atoms with Crippen LogP contribution >= 0.6 is 0 Å². The molecule has 31 heavy (non-hydrogen) atoms. The second kappa shape index (κ2) is 8.39. The Morgan fingerprint density at radius 1 is 0.871 bits per heavy atom. The molecule has 5 nitrogen and oxygen atoms in total. The third-order valence-corrected chi connectivity index (χ3v) is 6.56. The summed E-state index contributed by atoms with van der Waals surface area (Å²) in [5.74, 6) is 0.786. The summed E-state index contributed by atoms with van der Waals surface area (Å²) in [6.07, 6.45) is 8.01. The van der Waals surface area contributed by atoms with Gasteiger partial charge in [-0.15, -0.1) is 0 Å². The molecular weight excluding hydrogens is 382 g/mol. The summed E-state index contributed by atoms with van der Waals surface area (Å²) < 4.78 is 0. The molecule has 5 heteroatoms. The average Bonchev–Trinajstić information content (AvgIpc) is 2.84. The van der Waals surface area contributed by atoms with Crippen LogP contribution in [0.2, 0.25) is 0 Å². The molecule has 2 heterocycles. The summed E-state index contributed by atoms with van der Waals surface area (Å²) in [6, 6.07) is 15.5. The predicted octanol–water partition coefficient (Wildman–Crippen LogP) is 4.53. The number of nitrogens with zero attached hydrogens (tertiary/aromatic N) is 5. The van der Waals surface area contributed by atoms with E-state index in [0.29, 0.717) is 0 Å². The summed E-state index contributed by atoms with van der Waals surface area (Å²) in [5.41, 5.74) is 8.46. The largest absolute Gasteiger partial charge is 0.367 e. The number of piperazine rings is 1. The van der Waals surface area contributed by atoms with Crippen LogP contribution in [0.15, 0.2) is 48.8 Å². The lowest BCUT2D eigenvalue weighted by Crippen LogP contribution is -2.47. The van der Waals surface area contributed by atoms with Gasteiger partial charge < -0.3 is 9.80 Å². The van der Waals surface area contributed by atoms with Crippen LogP contribution in [-0.4, -0.2) is 36.1 Å². The van der Waals surface area contributed by atoms with Crippen molar-refractivity contribution < 1.29 is 0 Å². The monoisotopic (exact) mass is 409 g/mol. The Morgan fingerprint density at radius 3 is 2.19 bits per heavy atom. The molecule has 0 saturated carbocycles.